The zero-order valence-corrected chi connectivity index (χ0v) is 13.5. The van der Waals surface area contributed by atoms with E-state index < -0.39 is 0 Å². The molecule has 3 aromatic rings. The molecule has 0 saturated heterocycles. The molecule has 0 aliphatic carbocycles. The van der Waals surface area contributed by atoms with Crippen LogP contribution in [-0.4, -0.2) is 0 Å². The minimum atomic E-state index is -0.173. The maximum atomic E-state index is 6.83. The Morgan fingerprint density at radius 3 is 2.38 bits per heavy atom. The van der Waals surface area contributed by atoms with Crippen molar-refractivity contribution in [2.24, 2.45) is 0 Å². The van der Waals surface area contributed by atoms with E-state index in [0.29, 0.717) is 0 Å². The summed E-state index contributed by atoms with van der Waals surface area (Å²) in [7, 11) is 0. The van der Waals surface area contributed by atoms with E-state index in [4.69, 9.17) is 23.2 Å². The lowest BCUT2D eigenvalue weighted by molar-refractivity contribution is 1.10. The first kappa shape index (κ1) is 14.4. The second kappa shape index (κ2) is 5.71. The molecule has 3 aromatic carbocycles. The third-order valence-corrected chi connectivity index (χ3v) is 4.64. The molecule has 0 N–H and O–H groups in total. The minimum Gasteiger partial charge on any atom is -0.113 e. The predicted molar refractivity (Wildman–Crippen MR) is 92.6 cm³/mol. The average Bonchev–Trinajstić information content (AvgIpc) is 2.46. The smallest absolute Gasteiger partial charge is 0.0846 e. The molecule has 2 heteroatoms. The minimum absolute atomic E-state index is 0.173. The summed E-state index contributed by atoms with van der Waals surface area (Å²) in [4.78, 5) is 0. The van der Waals surface area contributed by atoms with Crippen molar-refractivity contribution in [1.82, 2.24) is 0 Å². The summed E-state index contributed by atoms with van der Waals surface area (Å²) in [6.45, 7) is 4.17. The Morgan fingerprint density at radius 2 is 1.62 bits per heavy atom. The van der Waals surface area contributed by atoms with Crippen molar-refractivity contribution >= 4 is 34.0 Å². The molecule has 3 rings (SSSR count). The monoisotopic (exact) mass is 314 g/mol. The van der Waals surface area contributed by atoms with Crippen molar-refractivity contribution < 1.29 is 0 Å². The van der Waals surface area contributed by atoms with Crippen molar-refractivity contribution in [2.75, 3.05) is 0 Å². The molecule has 0 spiro atoms. The molecule has 0 aromatic heterocycles. The first-order valence-corrected chi connectivity index (χ1v) is 7.78. The van der Waals surface area contributed by atoms with Gasteiger partial charge in [-0.25, -0.2) is 0 Å². The molecule has 106 valence electrons. The molecule has 0 aliphatic rings. The van der Waals surface area contributed by atoms with Gasteiger partial charge in [-0.05, 0) is 59.0 Å². The van der Waals surface area contributed by atoms with Crippen LogP contribution in [0.25, 0.3) is 10.8 Å². The van der Waals surface area contributed by atoms with Gasteiger partial charge in [-0.2, -0.15) is 0 Å². The molecular weight excluding hydrogens is 299 g/mol. The van der Waals surface area contributed by atoms with Crippen LogP contribution in [0.3, 0.4) is 0 Å². The Labute approximate surface area is 135 Å². The van der Waals surface area contributed by atoms with Gasteiger partial charge in [-0.3, -0.25) is 0 Å². The van der Waals surface area contributed by atoms with Crippen LogP contribution in [0.15, 0.2) is 54.6 Å². The van der Waals surface area contributed by atoms with Crippen LogP contribution in [0.4, 0.5) is 0 Å². The van der Waals surface area contributed by atoms with Crippen molar-refractivity contribution in [2.45, 2.75) is 19.2 Å². The van der Waals surface area contributed by atoms with E-state index in [1.807, 2.05) is 18.2 Å². The number of aryl methyl sites for hydroxylation is 2. The van der Waals surface area contributed by atoms with Crippen LogP contribution >= 0.6 is 23.2 Å². The van der Waals surface area contributed by atoms with Crippen LogP contribution in [-0.2, 0) is 0 Å². The highest BCUT2D eigenvalue weighted by Crippen LogP contribution is 2.37. The maximum absolute atomic E-state index is 6.83. The van der Waals surface area contributed by atoms with Crippen LogP contribution < -0.4 is 0 Å². The Morgan fingerprint density at radius 1 is 0.857 bits per heavy atom. The van der Waals surface area contributed by atoms with Gasteiger partial charge < -0.3 is 0 Å². The summed E-state index contributed by atoms with van der Waals surface area (Å²) in [5, 5.41) is 3.00. The lowest BCUT2D eigenvalue weighted by Gasteiger charge is -2.18. The van der Waals surface area contributed by atoms with Gasteiger partial charge in [0.05, 0.1) is 5.38 Å². The number of hydrogen-bond acceptors (Lipinski definition) is 0. The fraction of sp³-hybridized carbons (Fsp3) is 0.158. The average molecular weight is 315 g/mol. The highest BCUT2D eigenvalue weighted by Gasteiger charge is 2.18. The number of alkyl halides is 1. The van der Waals surface area contributed by atoms with Crippen LogP contribution in [0.2, 0.25) is 5.02 Å². The van der Waals surface area contributed by atoms with E-state index in [1.54, 1.807) is 0 Å². The molecule has 0 bridgehead atoms. The molecule has 1 unspecified atom stereocenters. The lowest BCUT2D eigenvalue weighted by Crippen LogP contribution is -2.00. The molecule has 1 atom stereocenters. The van der Waals surface area contributed by atoms with E-state index in [2.05, 4.69) is 50.2 Å². The molecule has 0 nitrogen and oxygen atoms in total. The molecule has 0 radical (unpaired) electrons. The van der Waals surface area contributed by atoms with Gasteiger partial charge in [0.1, 0.15) is 0 Å². The summed E-state index contributed by atoms with van der Waals surface area (Å²) in [6, 6.07) is 18.5. The second-order valence-corrected chi connectivity index (χ2v) is 6.25. The molecule has 0 fully saturated rings. The molecule has 0 amide bonds. The summed E-state index contributed by atoms with van der Waals surface area (Å²) in [5.74, 6) is 0. The zero-order valence-electron chi connectivity index (χ0n) is 12.0. The third-order valence-electron chi connectivity index (χ3n) is 3.95. The fourth-order valence-corrected chi connectivity index (χ4v) is 3.58. The number of rotatable bonds is 2. The van der Waals surface area contributed by atoms with Crippen molar-refractivity contribution in [3.05, 3.63) is 81.9 Å². The molecule has 21 heavy (non-hydrogen) atoms. The van der Waals surface area contributed by atoms with Crippen molar-refractivity contribution in [3.63, 3.8) is 0 Å². The Kier molecular flexibility index (Phi) is 3.93. The Balaban J connectivity index is 2.21. The Bertz CT molecular complexity index is 806. The van der Waals surface area contributed by atoms with Crippen LogP contribution in [0.5, 0.6) is 0 Å². The highest BCUT2D eigenvalue weighted by molar-refractivity contribution is 6.30. The largest absolute Gasteiger partial charge is 0.113 e. The third kappa shape index (κ3) is 2.66. The second-order valence-electron chi connectivity index (χ2n) is 5.38. The highest BCUT2D eigenvalue weighted by atomic mass is 35.5. The molecule has 0 aliphatic heterocycles. The van der Waals surface area contributed by atoms with E-state index in [9.17, 15) is 0 Å². The summed E-state index contributed by atoms with van der Waals surface area (Å²) in [5.41, 5.74) is 4.62. The van der Waals surface area contributed by atoms with E-state index in [0.717, 1.165) is 16.1 Å². The number of fused-ring (bicyclic) bond motifs is 1. The molecule has 0 saturated carbocycles. The number of halogens is 2. The lowest BCUT2D eigenvalue weighted by atomic mass is 9.92. The summed E-state index contributed by atoms with van der Waals surface area (Å²) >= 11 is 12.9. The first-order chi connectivity index (χ1) is 10.1. The van der Waals surface area contributed by atoms with Crippen molar-refractivity contribution in [1.29, 1.82) is 0 Å². The van der Waals surface area contributed by atoms with Gasteiger partial charge in [0.2, 0.25) is 0 Å². The molecular formula is C19H16Cl2. The van der Waals surface area contributed by atoms with Crippen LogP contribution in [0.1, 0.15) is 27.6 Å². The first-order valence-electron chi connectivity index (χ1n) is 6.96. The predicted octanol–water partition coefficient (Wildman–Crippen LogP) is 6.44. The van der Waals surface area contributed by atoms with E-state index in [1.165, 1.54) is 21.9 Å². The fourth-order valence-electron chi connectivity index (χ4n) is 2.82. The van der Waals surface area contributed by atoms with Crippen molar-refractivity contribution in [3.8, 4) is 0 Å². The Hall–Kier alpha value is -1.50. The topological polar surface area (TPSA) is 0 Å². The molecule has 0 heterocycles. The van der Waals surface area contributed by atoms with Gasteiger partial charge in [0.25, 0.3) is 0 Å². The quantitative estimate of drug-likeness (QED) is 0.477. The SMILES string of the molecule is Cc1cc(Cl)ccc1C(Cl)c1c(C)ccc2ccccc12. The number of benzene rings is 3. The normalized spacial score (nSPS) is 12.6. The maximum Gasteiger partial charge on any atom is 0.0846 e. The van der Waals surface area contributed by atoms with Crippen LogP contribution in [0, 0.1) is 13.8 Å². The van der Waals surface area contributed by atoms with E-state index in [-0.39, 0.29) is 5.38 Å². The zero-order chi connectivity index (χ0) is 15.0. The summed E-state index contributed by atoms with van der Waals surface area (Å²) in [6.07, 6.45) is 0. The van der Waals surface area contributed by atoms with E-state index >= 15 is 0 Å². The van der Waals surface area contributed by atoms with Gasteiger partial charge in [0.15, 0.2) is 0 Å². The van der Waals surface area contributed by atoms with Gasteiger partial charge in [0, 0.05) is 5.02 Å². The van der Waals surface area contributed by atoms with Gasteiger partial charge >= 0.3 is 0 Å². The standard InChI is InChI=1S/C19H16Cl2/c1-12-7-8-14-5-3-4-6-17(14)18(12)19(21)16-10-9-15(20)11-13(16)2/h3-11,19H,1-2H3. The number of hydrogen-bond donors (Lipinski definition) is 0. The summed E-state index contributed by atoms with van der Waals surface area (Å²) < 4.78 is 0. The van der Waals surface area contributed by atoms with Gasteiger partial charge in [-0.1, -0.05) is 54.1 Å². The van der Waals surface area contributed by atoms with Gasteiger partial charge in [-0.15, -0.1) is 11.6 Å².